The number of hydrogen-bond acceptors (Lipinski definition) is 4. The zero-order chi connectivity index (χ0) is 23.2. The largest absolute Gasteiger partial charge is 0.384 e. The molecule has 0 bridgehead atoms. The lowest BCUT2D eigenvalue weighted by Gasteiger charge is -2.18. The summed E-state index contributed by atoms with van der Waals surface area (Å²) in [6, 6.07) is 12.9. The molecule has 1 unspecified atom stereocenters. The lowest BCUT2D eigenvalue weighted by molar-refractivity contribution is 0.0938. The number of aromatic amines is 1. The summed E-state index contributed by atoms with van der Waals surface area (Å²) >= 11 is 1.51. The third kappa shape index (κ3) is 5.72. The molecule has 0 saturated carbocycles. The van der Waals surface area contributed by atoms with E-state index in [2.05, 4.69) is 40.0 Å². The molecule has 0 radical (unpaired) electrons. The van der Waals surface area contributed by atoms with Gasteiger partial charge in [-0.2, -0.15) is 0 Å². The third-order valence-corrected chi connectivity index (χ3v) is 6.98. The Balaban J connectivity index is 1.49. The summed E-state index contributed by atoms with van der Waals surface area (Å²) in [5.41, 5.74) is 2.99. The SMILES string of the molecule is CCCCC(Cc1c[nH]c2ccc(F)cc12)NC(=O)c1cc2ccc(NCCNC)cc2s1. The van der Waals surface area contributed by atoms with Crippen molar-refractivity contribution in [3.05, 3.63) is 64.9 Å². The van der Waals surface area contributed by atoms with Crippen LogP contribution in [0.25, 0.3) is 21.0 Å². The van der Waals surface area contributed by atoms with Crippen molar-refractivity contribution in [3.63, 3.8) is 0 Å². The van der Waals surface area contributed by atoms with E-state index >= 15 is 0 Å². The Morgan fingerprint density at radius 2 is 2.03 bits per heavy atom. The molecule has 4 rings (SSSR count). The van der Waals surface area contributed by atoms with Gasteiger partial charge in [0.25, 0.3) is 5.91 Å². The normalized spacial score (nSPS) is 12.3. The summed E-state index contributed by atoms with van der Waals surface area (Å²) in [6.45, 7) is 3.88. The molecule has 5 nitrogen and oxygen atoms in total. The number of rotatable bonds is 11. The highest BCUT2D eigenvalue weighted by molar-refractivity contribution is 7.20. The Bertz CT molecular complexity index is 1230. The third-order valence-electron chi connectivity index (χ3n) is 5.89. The number of unbranched alkanes of at least 4 members (excludes halogenated alkanes) is 1. The fraction of sp³-hybridized carbons (Fsp3) is 0.346. The van der Waals surface area contributed by atoms with Gasteiger partial charge in [0.05, 0.1) is 4.88 Å². The van der Waals surface area contributed by atoms with E-state index in [-0.39, 0.29) is 17.8 Å². The summed E-state index contributed by atoms with van der Waals surface area (Å²) in [4.78, 5) is 17.1. The van der Waals surface area contributed by atoms with Crippen molar-refractivity contribution in [3.8, 4) is 0 Å². The van der Waals surface area contributed by atoms with Crippen LogP contribution in [0, 0.1) is 5.82 Å². The second-order valence-corrected chi connectivity index (χ2v) is 9.50. The van der Waals surface area contributed by atoms with Gasteiger partial charge in [-0.15, -0.1) is 11.3 Å². The fourth-order valence-corrected chi connectivity index (χ4v) is 5.11. The lowest BCUT2D eigenvalue weighted by Crippen LogP contribution is -2.36. The highest BCUT2D eigenvalue weighted by Crippen LogP contribution is 2.29. The molecule has 7 heteroatoms. The van der Waals surface area contributed by atoms with E-state index < -0.39 is 0 Å². The van der Waals surface area contributed by atoms with E-state index in [1.54, 1.807) is 12.1 Å². The van der Waals surface area contributed by atoms with Crippen LogP contribution < -0.4 is 16.0 Å². The lowest BCUT2D eigenvalue weighted by atomic mass is 10.00. The zero-order valence-corrected chi connectivity index (χ0v) is 19.9. The second kappa shape index (κ2) is 10.8. The summed E-state index contributed by atoms with van der Waals surface area (Å²) in [5, 5.41) is 11.7. The van der Waals surface area contributed by atoms with Crippen LogP contribution in [0.5, 0.6) is 0 Å². The maximum atomic E-state index is 13.8. The number of benzene rings is 2. The van der Waals surface area contributed by atoms with E-state index in [0.717, 1.165) is 64.6 Å². The first-order valence-corrected chi connectivity index (χ1v) is 12.4. The van der Waals surface area contributed by atoms with Crippen molar-refractivity contribution in [1.82, 2.24) is 15.6 Å². The van der Waals surface area contributed by atoms with Gasteiger partial charge in [-0.05, 0) is 67.2 Å². The number of aromatic nitrogens is 1. The fourth-order valence-electron chi connectivity index (χ4n) is 4.10. The molecule has 0 aliphatic heterocycles. The quantitative estimate of drug-likeness (QED) is 0.215. The molecule has 174 valence electrons. The molecule has 2 heterocycles. The summed E-state index contributed by atoms with van der Waals surface area (Å²) in [7, 11) is 1.93. The van der Waals surface area contributed by atoms with Gasteiger partial charge in [-0.25, -0.2) is 4.39 Å². The molecule has 2 aromatic carbocycles. The predicted octanol–water partition coefficient (Wildman–Crippen LogP) is 5.68. The van der Waals surface area contributed by atoms with E-state index in [1.807, 2.05) is 25.4 Å². The van der Waals surface area contributed by atoms with Crippen LogP contribution in [0.15, 0.2) is 48.7 Å². The van der Waals surface area contributed by atoms with Gasteiger partial charge < -0.3 is 20.9 Å². The van der Waals surface area contributed by atoms with Gasteiger partial charge in [0.15, 0.2) is 0 Å². The molecule has 4 aromatic rings. The van der Waals surface area contributed by atoms with Crippen molar-refractivity contribution in [1.29, 1.82) is 0 Å². The number of H-pyrrole nitrogens is 1. The Morgan fingerprint density at radius 3 is 2.85 bits per heavy atom. The van der Waals surface area contributed by atoms with Gasteiger partial charge >= 0.3 is 0 Å². The van der Waals surface area contributed by atoms with E-state index in [4.69, 9.17) is 0 Å². The van der Waals surface area contributed by atoms with E-state index in [1.165, 1.54) is 17.4 Å². The zero-order valence-electron chi connectivity index (χ0n) is 19.1. The Morgan fingerprint density at radius 1 is 1.15 bits per heavy atom. The van der Waals surface area contributed by atoms with Gasteiger partial charge in [0, 0.05) is 46.6 Å². The number of anilines is 1. The summed E-state index contributed by atoms with van der Waals surface area (Å²) in [6.07, 6.45) is 5.56. The maximum absolute atomic E-state index is 13.8. The molecule has 33 heavy (non-hydrogen) atoms. The molecular formula is C26H31FN4OS. The van der Waals surface area contributed by atoms with Crippen molar-refractivity contribution >= 4 is 43.9 Å². The van der Waals surface area contributed by atoms with Crippen LogP contribution in [0.4, 0.5) is 10.1 Å². The number of thiophene rings is 1. The average molecular weight is 467 g/mol. The maximum Gasteiger partial charge on any atom is 0.261 e. The highest BCUT2D eigenvalue weighted by Gasteiger charge is 2.18. The van der Waals surface area contributed by atoms with Crippen LogP contribution in [0.3, 0.4) is 0 Å². The molecule has 0 spiro atoms. The van der Waals surface area contributed by atoms with Crippen molar-refractivity contribution in [2.75, 3.05) is 25.5 Å². The van der Waals surface area contributed by atoms with E-state index in [0.29, 0.717) is 11.3 Å². The number of halogens is 1. The number of fused-ring (bicyclic) bond motifs is 2. The topological polar surface area (TPSA) is 69.0 Å². The summed E-state index contributed by atoms with van der Waals surface area (Å²) in [5.74, 6) is -0.296. The molecule has 0 aliphatic carbocycles. The molecule has 1 amide bonds. The number of carbonyl (C=O) groups excluding carboxylic acids is 1. The number of carbonyl (C=O) groups is 1. The smallest absolute Gasteiger partial charge is 0.261 e. The molecule has 0 aliphatic rings. The summed E-state index contributed by atoms with van der Waals surface area (Å²) < 4.78 is 14.9. The minimum atomic E-state index is -0.248. The molecule has 0 fully saturated rings. The average Bonchev–Trinajstić information content (AvgIpc) is 3.41. The molecule has 2 aromatic heterocycles. The van der Waals surface area contributed by atoms with Crippen molar-refractivity contribution < 1.29 is 9.18 Å². The van der Waals surface area contributed by atoms with Crippen LogP contribution in [0.2, 0.25) is 0 Å². The highest BCUT2D eigenvalue weighted by atomic mass is 32.1. The number of amides is 1. The van der Waals surface area contributed by atoms with Gasteiger partial charge in [0.1, 0.15) is 5.82 Å². The number of hydrogen-bond donors (Lipinski definition) is 4. The molecule has 0 saturated heterocycles. The Hall–Kier alpha value is -2.90. The molecule has 4 N–H and O–H groups in total. The Labute approximate surface area is 197 Å². The monoisotopic (exact) mass is 466 g/mol. The number of nitrogens with one attached hydrogen (secondary N) is 4. The van der Waals surface area contributed by atoms with Crippen LogP contribution in [-0.2, 0) is 6.42 Å². The predicted molar refractivity (Wildman–Crippen MR) is 137 cm³/mol. The first kappa shape index (κ1) is 23.3. The van der Waals surface area contributed by atoms with Crippen LogP contribution in [-0.4, -0.2) is 37.1 Å². The first-order chi connectivity index (χ1) is 16.1. The molecular weight excluding hydrogens is 435 g/mol. The van der Waals surface area contributed by atoms with Crippen molar-refractivity contribution in [2.24, 2.45) is 0 Å². The first-order valence-electron chi connectivity index (χ1n) is 11.6. The minimum Gasteiger partial charge on any atom is -0.384 e. The Kier molecular flexibility index (Phi) is 7.62. The van der Waals surface area contributed by atoms with Crippen molar-refractivity contribution in [2.45, 2.75) is 38.6 Å². The van der Waals surface area contributed by atoms with Gasteiger partial charge in [-0.1, -0.05) is 25.8 Å². The molecule has 1 atom stereocenters. The van der Waals surface area contributed by atoms with E-state index in [9.17, 15) is 9.18 Å². The van der Waals surface area contributed by atoms with Crippen LogP contribution >= 0.6 is 11.3 Å². The second-order valence-electron chi connectivity index (χ2n) is 8.41. The standard InChI is InChI=1S/C26H31FN4OS/c1-3-4-5-21(12-18-16-30-23-9-7-19(27)14-22(18)23)31-26(32)25-13-17-6-8-20(15-24(17)33-25)29-11-10-28-2/h6-9,13-16,21,28-30H,3-5,10-12H2,1-2H3,(H,31,32). The van der Waals surface area contributed by atoms with Crippen LogP contribution in [0.1, 0.15) is 41.4 Å². The van der Waals surface area contributed by atoms with Gasteiger partial charge in [0.2, 0.25) is 0 Å². The number of likely N-dealkylation sites (N-methyl/N-ethyl adjacent to an activating group) is 1. The minimum absolute atomic E-state index is 0.0105. The van der Waals surface area contributed by atoms with Gasteiger partial charge in [-0.3, -0.25) is 4.79 Å².